The highest BCUT2D eigenvalue weighted by Gasteiger charge is 2.47. The molecule has 144 valence electrons. The van der Waals surface area contributed by atoms with E-state index in [4.69, 9.17) is 0 Å². The minimum atomic E-state index is -0.749. The fourth-order valence-corrected chi connectivity index (χ4v) is 4.78. The number of rotatable bonds is 4. The molecule has 3 saturated carbocycles. The number of anilines is 1. The zero-order chi connectivity index (χ0) is 19.3. The van der Waals surface area contributed by atoms with Crippen molar-refractivity contribution in [2.24, 2.45) is 17.8 Å². The number of H-pyrrole nitrogens is 1. The largest absolute Gasteiger partial charge is 0.481 e. The summed E-state index contributed by atoms with van der Waals surface area (Å²) < 4.78 is 13.6. The predicted molar refractivity (Wildman–Crippen MR) is 98.9 cm³/mol. The Morgan fingerprint density at radius 2 is 2.00 bits per heavy atom. The zero-order valence-electron chi connectivity index (χ0n) is 15.0. The number of pyridine rings is 1. The normalized spacial score (nSPS) is 26.5. The number of fused-ring (bicyclic) bond motifs is 4. The summed E-state index contributed by atoms with van der Waals surface area (Å²) in [4.78, 5) is 24.6. The van der Waals surface area contributed by atoms with Crippen molar-refractivity contribution in [1.82, 2.24) is 25.1 Å². The second-order valence-electron chi connectivity index (χ2n) is 7.60. The van der Waals surface area contributed by atoms with Gasteiger partial charge in [0.1, 0.15) is 17.3 Å². The third-order valence-corrected chi connectivity index (χ3v) is 6.07. The van der Waals surface area contributed by atoms with Crippen molar-refractivity contribution >= 4 is 22.8 Å². The summed E-state index contributed by atoms with van der Waals surface area (Å²) in [5, 5.41) is 20.5. The van der Waals surface area contributed by atoms with Crippen molar-refractivity contribution in [2.75, 3.05) is 5.32 Å². The van der Waals surface area contributed by atoms with Gasteiger partial charge >= 0.3 is 5.97 Å². The van der Waals surface area contributed by atoms with Gasteiger partial charge in [-0.25, -0.2) is 19.3 Å². The zero-order valence-corrected chi connectivity index (χ0v) is 15.0. The first kappa shape index (κ1) is 17.0. The average molecular weight is 382 g/mol. The second kappa shape index (κ2) is 6.50. The minimum Gasteiger partial charge on any atom is -0.481 e. The molecule has 28 heavy (non-hydrogen) atoms. The number of hydrogen-bond donors (Lipinski definition) is 3. The number of carboxylic acids is 1. The molecular formula is C19H19FN6O2. The lowest BCUT2D eigenvalue weighted by molar-refractivity contribution is -0.148. The smallest absolute Gasteiger partial charge is 0.308 e. The highest BCUT2D eigenvalue weighted by Crippen LogP contribution is 2.46. The quantitative estimate of drug-likeness (QED) is 0.635. The molecule has 3 aromatic rings. The number of carboxylic acid groups (broad SMARTS) is 1. The highest BCUT2D eigenvalue weighted by atomic mass is 19.1. The van der Waals surface area contributed by atoms with E-state index in [2.05, 4.69) is 30.5 Å². The van der Waals surface area contributed by atoms with Gasteiger partial charge in [0, 0.05) is 12.2 Å². The van der Waals surface area contributed by atoms with E-state index in [1.165, 1.54) is 6.07 Å². The van der Waals surface area contributed by atoms with Crippen molar-refractivity contribution in [3.63, 3.8) is 0 Å². The molecule has 3 fully saturated rings. The summed E-state index contributed by atoms with van der Waals surface area (Å²) in [5.74, 6) is -0.200. The Labute approximate surface area is 159 Å². The van der Waals surface area contributed by atoms with E-state index in [9.17, 15) is 14.3 Å². The van der Waals surface area contributed by atoms with Gasteiger partial charge in [-0.3, -0.25) is 9.89 Å². The lowest BCUT2D eigenvalue weighted by Gasteiger charge is -2.47. The van der Waals surface area contributed by atoms with E-state index in [1.54, 1.807) is 12.3 Å². The first-order chi connectivity index (χ1) is 13.6. The molecule has 0 spiro atoms. The standard InChI is InChI=1S/C19H19FN6O2/c20-11-7-12-16(25-26-17(12)22-8-11)18-21-6-5-13(24-18)23-15-10-3-1-9(2-4-10)14(15)19(27)28/h5-10,14-15H,1-4H2,(H,27,28)(H,21,23,24)(H,22,25,26)/t9?,10?,14-,15-/m0/s1. The number of aliphatic carboxylic acids is 1. The van der Waals surface area contributed by atoms with E-state index < -0.39 is 17.7 Å². The molecule has 0 aromatic carbocycles. The first-order valence-corrected chi connectivity index (χ1v) is 9.42. The van der Waals surface area contributed by atoms with E-state index >= 15 is 0 Å². The first-order valence-electron chi connectivity index (χ1n) is 9.42. The van der Waals surface area contributed by atoms with Gasteiger partial charge in [-0.05, 0) is 49.7 Å². The van der Waals surface area contributed by atoms with Crippen LogP contribution >= 0.6 is 0 Å². The van der Waals surface area contributed by atoms with Crippen LogP contribution in [0.15, 0.2) is 24.5 Å². The molecule has 0 amide bonds. The van der Waals surface area contributed by atoms with Crippen LogP contribution in [0.25, 0.3) is 22.6 Å². The van der Waals surface area contributed by atoms with Crippen LogP contribution in [0.5, 0.6) is 0 Å². The molecule has 3 aliphatic rings. The molecule has 2 atom stereocenters. The SMILES string of the molecule is O=C(O)[C@H]1C2CCC(CC2)[C@@H]1Nc1ccnc(-c2n[nH]c3ncc(F)cc23)n1. The fourth-order valence-electron chi connectivity index (χ4n) is 4.78. The Bertz CT molecular complexity index is 1050. The summed E-state index contributed by atoms with van der Waals surface area (Å²) >= 11 is 0. The number of aromatic amines is 1. The van der Waals surface area contributed by atoms with E-state index in [0.717, 1.165) is 31.9 Å². The molecule has 3 heterocycles. The van der Waals surface area contributed by atoms with Gasteiger partial charge in [0.05, 0.1) is 17.5 Å². The summed E-state index contributed by atoms with van der Waals surface area (Å²) in [6.07, 6.45) is 6.75. The van der Waals surface area contributed by atoms with Crippen LogP contribution < -0.4 is 5.32 Å². The Morgan fingerprint density at radius 3 is 2.79 bits per heavy atom. The average Bonchev–Trinajstić information content (AvgIpc) is 3.12. The molecule has 9 heteroatoms. The van der Waals surface area contributed by atoms with Crippen molar-refractivity contribution < 1.29 is 14.3 Å². The van der Waals surface area contributed by atoms with Crippen LogP contribution in [0.1, 0.15) is 25.7 Å². The second-order valence-corrected chi connectivity index (χ2v) is 7.60. The van der Waals surface area contributed by atoms with Gasteiger partial charge in [0.25, 0.3) is 0 Å². The van der Waals surface area contributed by atoms with Crippen LogP contribution in [0.4, 0.5) is 10.2 Å². The number of aromatic nitrogens is 5. The number of halogens is 1. The minimum absolute atomic E-state index is 0.150. The van der Waals surface area contributed by atoms with Gasteiger partial charge in [-0.1, -0.05) is 0 Å². The lowest BCUT2D eigenvalue weighted by Crippen LogP contribution is -2.51. The lowest BCUT2D eigenvalue weighted by atomic mass is 9.61. The maximum Gasteiger partial charge on any atom is 0.308 e. The molecule has 0 unspecified atom stereocenters. The topological polar surface area (TPSA) is 117 Å². The monoisotopic (exact) mass is 382 g/mol. The molecular weight excluding hydrogens is 363 g/mol. The maximum absolute atomic E-state index is 13.6. The number of hydrogen-bond acceptors (Lipinski definition) is 6. The summed E-state index contributed by atoms with van der Waals surface area (Å²) in [6.45, 7) is 0. The van der Waals surface area contributed by atoms with Crippen molar-refractivity contribution in [1.29, 1.82) is 0 Å². The van der Waals surface area contributed by atoms with E-state index in [-0.39, 0.29) is 12.0 Å². The van der Waals surface area contributed by atoms with Gasteiger partial charge in [-0.2, -0.15) is 5.10 Å². The molecule has 3 aliphatic carbocycles. The van der Waals surface area contributed by atoms with Gasteiger partial charge in [0.2, 0.25) is 0 Å². The third kappa shape index (κ3) is 2.78. The van der Waals surface area contributed by atoms with Crippen molar-refractivity contribution in [2.45, 2.75) is 31.7 Å². The maximum atomic E-state index is 13.6. The Hall–Kier alpha value is -3.10. The number of carbonyl (C=O) groups is 1. The third-order valence-electron chi connectivity index (χ3n) is 6.07. The summed E-state index contributed by atoms with van der Waals surface area (Å²) in [7, 11) is 0. The summed E-state index contributed by atoms with van der Waals surface area (Å²) in [6, 6.07) is 2.91. The van der Waals surface area contributed by atoms with Crippen molar-refractivity contribution in [3.8, 4) is 11.5 Å². The Kier molecular flexibility index (Phi) is 3.96. The van der Waals surface area contributed by atoms with E-state index in [1.807, 2.05) is 0 Å². The van der Waals surface area contributed by atoms with Crippen LogP contribution in [0, 0.1) is 23.6 Å². The molecule has 3 aromatic heterocycles. The van der Waals surface area contributed by atoms with Gasteiger partial charge in [-0.15, -0.1) is 0 Å². The highest BCUT2D eigenvalue weighted by molar-refractivity contribution is 5.88. The predicted octanol–water partition coefficient (Wildman–Crippen LogP) is 2.86. The number of nitrogens with zero attached hydrogens (tertiary/aromatic N) is 4. The van der Waals surface area contributed by atoms with Crippen LogP contribution in [-0.2, 0) is 4.79 Å². The van der Waals surface area contributed by atoms with Gasteiger partial charge < -0.3 is 10.4 Å². The molecule has 8 nitrogen and oxygen atoms in total. The number of nitrogens with one attached hydrogen (secondary N) is 2. The Morgan fingerprint density at radius 1 is 1.21 bits per heavy atom. The van der Waals surface area contributed by atoms with Crippen LogP contribution in [0.3, 0.4) is 0 Å². The van der Waals surface area contributed by atoms with Crippen molar-refractivity contribution in [3.05, 3.63) is 30.3 Å². The summed E-state index contributed by atoms with van der Waals surface area (Å²) in [5.41, 5.74) is 0.861. The fraction of sp³-hybridized carbons (Fsp3) is 0.421. The molecule has 0 saturated heterocycles. The van der Waals surface area contributed by atoms with Crippen LogP contribution in [0.2, 0.25) is 0 Å². The molecule has 2 bridgehead atoms. The van der Waals surface area contributed by atoms with Gasteiger partial charge in [0.15, 0.2) is 11.5 Å². The molecule has 0 radical (unpaired) electrons. The molecule has 3 N–H and O–H groups in total. The molecule has 0 aliphatic heterocycles. The molecule has 6 rings (SSSR count). The van der Waals surface area contributed by atoms with Crippen LogP contribution in [-0.4, -0.2) is 42.3 Å². The Balaban J connectivity index is 1.47. The van der Waals surface area contributed by atoms with E-state index in [0.29, 0.717) is 34.3 Å².